The highest BCUT2D eigenvalue weighted by atomic mass is 16.2. The van der Waals surface area contributed by atoms with Gasteiger partial charge in [-0.15, -0.1) is 0 Å². The molecule has 6 rings (SSSR count). The molecule has 3 N–H and O–H groups in total. The van der Waals surface area contributed by atoms with Crippen molar-refractivity contribution in [3.05, 3.63) is 54.5 Å². The highest BCUT2D eigenvalue weighted by molar-refractivity contribution is 6.01. The Hall–Kier alpha value is -4.27. The molecule has 1 fully saturated rings. The fraction of sp³-hybridized carbons (Fsp3) is 0.321. The average molecular weight is 495 g/mol. The first kappa shape index (κ1) is 23.1. The van der Waals surface area contributed by atoms with E-state index >= 15 is 0 Å². The van der Waals surface area contributed by atoms with Gasteiger partial charge in [-0.05, 0) is 66.1 Å². The van der Waals surface area contributed by atoms with Crippen LogP contribution >= 0.6 is 0 Å². The van der Waals surface area contributed by atoms with Crippen molar-refractivity contribution >= 4 is 34.4 Å². The van der Waals surface area contributed by atoms with Crippen molar-refractivity contribution in [2.45, 2.75) is 20.3 Å². The molecule has 0 bridgehead atoms. The second-order valence-corrected chi connectivity index (χ2v) is 10.6. The lowest BCUT2D eigenvalue weighted by molar-refractivity contribution is -0.117. The number of nitrogens with one attached hydrogen (secondary N) is 1. The van der Waals surface area contributed by atoms with Crippen molar-refractivity contribution in [1.82, 2.24) is 24.8 Å². The van der Waals surface area contributed by atoms with Gasteiger partial charge in [0.1, 0.15) is 5.82 Å². The number of hydrazone groups is 1. The van der Waals surface area contributed by atoms with Crippen LogP contribution in [0.25, 0.3) is 33.3 Å². The molecule has 9 nitrogen and oxygen atoms in total. The Morgan fingerprint density at radius 3 is 2.73 bits per heavy atom. The molecule has 1 amide bonds. The Kier molecular flexibility index (Phi) is 5.25. The molecule has 1 aliphatic carbocycles. The summed E-state index contributed by atoms with van der Waals surface area (Å²) in [5.41, 5.74) is 11.8. The molecule has 4 aromatic rings. The van der Waals surface area contributed by atoms with Gasteiger partial charge in [0.15, 0.2) is 0 Å². The molecule has 0 spiro atoms. The first-order valence-electron chi connectivity index (χ1n) is 12.4. The zero-order valence-corrected chi connectivity index (χ0v) is 21.4. The smallest absolute Gasteiger partial charge is 0.228 e. The second-order valence-electron chi connectivity index (χ2n) is 10.6. The van der Waals surface area contributed by atoms with Gasteiger partial charge in [0.2, 0.25) is 5.91 Å². The van der Waals surface area contributed by atoms with Gasteiger partial charge < -0.3 is 11.1 Å². The predicted molar refractivity (Wildman–Crippen MR) is 146 cm³/mol. The maximum absolute atomic E-state index is 13.1. The number of amides is 1. The molecule has 1 saturated carbocycles. The summed E-state index contributed by atoms with van der Waals surface area (Å²) in [5, 5.41) is 15.4. The summed E-state index contributed by atoms with van der Waals surface area (Å²) in [7, 11) is 3.87. The third kappa shape index (κ3) is 4.00. The van der Waals surface area contributed by atoms with Crippen LogP contribution in [0.4, 0.5) is 11.5 Å². The molecular formula is C28H30N8O. The third-order valence-electron chi connectivity index (χ3n) is 7.73. The summed E-state index contributed by atoms with van der Waals surface area (Å²) in [6, 6.07) is 9.88. The van der Waals surface area contributed by atoms with E-state index in [4.69, 9.17) is 5.73 Å². The summed E-state index contributed by atoms with van der Waals surface area (Å²) in [5.74, 6) is 0.794. The molecule has 1 aromatic carbocycles. The minimum Gasteiger partial charge on any atom is -0.398 e. The van der Waals surface area contributed by atoms with E-state index in [9.17, 15) is 4.79 Å². The maximum Gasteiger partial charge on any atom is 0.228 e. The zero-order chi connectivity index (χ0) is 25.9. The summed E-state index contributed by atoms with van der Waals surface area (Å²) in [6.45, 7) is 5.08. The predicted octanol–water partition coefficient (Wildman–Crippen LogP) is 4.10. The molecule has 2 aliphatic rings. The van der Waals surface area contributed by atoms with Gasteiger partial charge in [0.05, 0.1) is 11.4 Å². The Morgan fingerprint density at radius 2 is 2.00 bits per heavy atom. The number of aryl methyl sites for hydroxylation is 2. The monoisotopic (exact) mass is 494 g/mol. The van der Waals surface area contributed by atoms with Crippen LogP contribution in [0.1, 0.15) is 18.9 Å². The average Bonchev–Trinajstić information content (AvgIpc) is 3.46. The van der Waals surface area contributed by atoms with Gasteiger partial charge in [0.25, 0.3) is 0 Å². The lowest BCUT2D eigenvalue weighted by atomic mass is 9.85. The largest absolute Gasteiger partial charge is 0.398 e. The van der Waals surface area contributed by atoms with Gasteiger partial charge in [-0.1, -0.05) is 6.92 Å². The van der Waals surface area contributed by atoms with Crippen LogP contribution in [0.3, 0.4) is 0 Å². The van der Waals surface area contributed by atoms with Gasteiger partial charge >= 0.3 is 0 Å². The van der Waals surface area contributed by atoms with Crippen LogP contribution in [0, 0.1) is 24.2 Å². The molecule has 188 valence electrons. The molecule has 1 unspecified atom stereocenters. The molecule has 37 heavy (non-hydrogen) atoms. The topological polar surface area (TPSA) is 114 Å². The Morgan fingerprint density at radius 1 is 1.16 bits per heavy atom. The molecule has 0 saturated heterocycles. The van der Waals surface area contributed by atoms with E-state index in [1.165, 1.54) is 0 Å². The van der Waals surface area contributed by atoms with E-state index in [-0.39, 0.29) is 17.2 Å². The maximum atomic E-state index is 13.1. The highest BCUT2D eigenvalue weighted by Crippen LogP contribution is 2.52. The molecule has 1 aliphatic heterocycles. The molecule has 3 aromatic heterocycles. The van der Waals surface area contributed by atoms with Crippen LogP contribution in [-0.2, 0) is 11.8 Å². The SMILES string of the molecule is Cc1ccnc(-c2ccnn2C)c1-c1cc(N)c2cnc(NC(=O)[C@H]3C[C@@H]3C3(C)C=NN(C)C3)cc2c1. The summed E-state index contributed by atoms with van der Waals surface area (Å²) >= 11 is 0. The van der Waals surface area contributed by atoms with Gasteiger partial charge in [-0.3, -0.25) is 19.5 Å². The van der Waals surface area contributed by atoms with E-state index in [1.807, 2.05) is 60.5 Å². The summed E-state index contributed by atoms with van der Waals surface area (Å²) in [4.78, 5) is 22.2. The number of hydrogen-bond acceptors (Lipinski definition) is 7. The molecular weight excluding hydrogens is 464 g/mol. The van der Waals surface area contributed by atoms with Crippen molar-refractivity contribution in [2.24, 2.45) is 29.4 Å². The van der Waals surface area contributed by atoms with Crippen molar-refractivity contribution in [2.75, 3.05) is 24.6 Å². The molecule has 0 radical (unpaired) electrons. The van der Waals surface area contributed by atoms with Gasteiger partial charge in [-0.25, -0.2) is 4.98 Å². The summed E-state index contributed by atoms with van der Waals surface area (Å²) in [6.07, 6.45) is 8.16. The minimum absolute atomic E-state index is 0.00625. The van der Waals surface area contributed by atoms with E-state index in [0.717, 1.165) is 51.8 Å². The van der Waals surface area contributed by atoms with E-state index in [0.29, 0.717) is 17.4 Å². The third-order valence-corrected chi connectivity index (χ3v) is 7.73. The van der Waals surface area contributed by atoms with Crippen LogP contribution < -0.4 is 11.1 Å². The van der Waals surface area contributed by atoms with Crippen molar-refractivity contribution < 1.29 is 4.79 Å². The van der Waals surface area contributed by atoms with Crippen LogP contribution in [0.5, 0.6) is 0 Å². The van der Waals surface area contributed by atoms with Gasteiger partial charge in [-0.2, -0.15) is 10.2 Å². The van der Waals surface area contributed by atoms with Crippen LogP contribution in [0.2, 0.25) is 0 Å². The normalized spacial score (nSPS) is 22.5. The zero-order valence-electron chi connectivity index (χ0n) is 21.4. The molecule has 3 atom stereocenters. The van der Waals surface area contributed by atoms with Crippen LogP contribution in [0.15, 0.2) is 54.0 Å². The van der Waals surface area contributed by atoms with E-state index < -0.39 is 0 Å². The number of hydrogen-bond donors (Lipinski definition) is 2. The highest BCUT2D eigenvalue weighted by Gasteiger charge is 2.54. The number of carbonyl (C=O) groups is 1. The number of fused-ring (bicyclic) bond motifs is 1. The summed E-state index contributed by atoms with van der Waals surface area (Å²) < 4.78 is 1.81. The number of carbonyl (C=O) groups excluding carboxylic acids is 1. The number of nitrogens with zero attached hydrogens (tertiary/aromatic N) is 6. The van der Waals surface area contributed by atoms with Crippen LogP contribution in [-0.4, -0.2) is 50.5 Å². The Labute approximate surface area is 215 Å². The lowest BCUT2D eigenvalue weighted by Gasteiger charge is -2.21. The number of benzene rings is 1. The standard InChI is InChI=1S/C28H30N8O/c1-16-5-7-30-26(23-6-8-32-36(23)4)25(16)18-9-17-11-24(31-13-20(17)22(29)10-18)34-27(37)19-12-21(19)28(2)14-33-35(3)15-28/h5-11,13-14,19,21H,12,15,29H2,1-4H3,(H,31,34,37)/t19-,21-,28?/m0/s1. The number of nitrogens with two attached hydrogens (primary N) is 1. The fourth-order valence-electron chi connectivity index (χ4n) is 5.67. The lowest BCUT2D eigenvalue weighted by Crippen LogP contribution is -2.29. The fourth-order valence-corrected chi connectivity index (χ4v) is 5.67. The number of pyridine rings is 2. The second kappa shape index (κ2) is 8.40. The van der Waals surface area contributed by atoms with Crippen molar-refractivity contribution in [3.63, 3.8) is 0 Å². The number of aromatic nitrogens is 4. The first-order chi connectivity index (χ1) is 17.7. The number of rotatable bonds is 5. The number of nitrogen functional groups attached to an aromatic ring is 1. The quantitative estimate of drug-likeness (QED) is 0.404. The van der Waals surface area contributed by atoms with E-state index in [2.05, 4.69) is 45.4 Å². The Balaban J connectivity index is 1.31. The number of anilines is 2. The first-order valence-corrected chi connectivity index (χ1v) is 12.4. The van der Waals surface area contributed by atoms with Gasteiger partial charge in [0, 0.05) is 73.4 Å². The minimum atomic E-state index is -0.0654. The Bertz CT molecular complexity index is 1570. The van der Waals surface area contributed by atoms with E-state index in [1.54, 1.807) is 12.4 Å². The van der Waals surface area contributed by atoms with Crippen molar-refractivity contribution in [3.8, 4) is 22.5 Å². The molecule has 9 heteroatoms. The van der Waals surface area contributed by atoms with Crippen molar-refractivity contribution in [1.29, 1.82) is 0 Å². The molecule has 4 heterocycles.